The molecule has 0 unspecified atom stereocenters. The smallest absolute Gasteiger partial charge is 0.410 e. The highest BCUT2D eigenvalue weighted by molar-refractivity contribution is 5.91. The van der Waals surface area contributed by atoms with Gasteiger partial charge in [-0.25, -0.2) is 4.79 Å². The van der Waals surface area contributed by atoms with Crippen LogP contribution < -0.4 is 5.43 Å². The summed E-state index contributed by atoms with van der Waals surface area (Å²) in [7, 11) is 0. The van der Waals surface area contributed by atoms with Gasteiger partial charge in [-0.3, -0.25) is 0 Å². The van der Waals surface area contributed by atoms with Crippen molar-refractivity contribution >= 4 is 11.8 Å². The SMILES string of the molecule is C=C/C(C)=N/NC1CCN(C(=O)OC(C)(C)C)CC1. The molecule has 0 saturated carbocycles. The maximum atomic E-state index is 11.9. The molecule has 1 amide bonds. The average Bonchev–Trinajstić information content (AvgIpc) is 2.34. The van der Waals surface area contributed by atoms with Crippen molar-refractivity contribution in [3.05, 3.63) is 12.7 Å². The number of allylic oxidation sites excluding steroid dienone is 1. The van der Waals surface area contributed by atoms with Crippen LogP contribution in [0.2, 0.25) is 0 Å². The molecule has 1 heterocycles. The summed E-state index contributed by atoms with van der Waals surface area (Å²) in [6.45, 7) is 12.6. The molecule has 0 radical (unpaired) electrons. The van der Waals surface area contributed by atoms with Crippen molar-refractivity contribution in [1.29, 1.82) is 0 Å². The second-order valence-electron chi connectivity index (χ2n) is 5.83. The number of carbonyl (C=O) groups is 1. The molecule has 1 N–H and O–H groups in total. The third-order valence-electron chi connectivity index (χ3n) is 2.87. The van der Waals surface area contributed by atoms with Crippen LogP contribution in [0.4, 0.5) is 4.79 Å². The van der Waals surface area contributed by atoms with Gasteiger partial charge >= 0.3 is 6.09 Å². The number of ether oxygens (including phenoxy) is 1. The Morgan fingerprint density at radius 2 is 2.00 bits per heavy atom. The maximum absolute atomic E-state index is 11.9. The molecule has 0 aliphatic carbocycles. The third kappa shape index (κ3) is 5.77. The minimum atomic E-state index is -0.433. The van der Waals surface area contributed by atoms with E-state index < -0.39 is 5.60 Å². The molecular weight excluding hydrogens is 242 g/mol. The fraction of sp³-hybridized carbons (Fsp3) is 0.714. The van der Waals surface area contributed by atoms with Crippen LogP contribution >= 0.6 is 0 Å². The van der Waals surface area contributed by atoms with Crippen LogP contribution in [0, 0.1) is 0 Å². The number of nitrogens with one attached hydrogen (secondary N) is 1. The van der Waals surface area contributed by atoms with E-state index in [0.29, 0.717) is 19.1 Å². The minimum Gasteiger partial charge on any atom is -0.444 e. The molecule has 108 valence electrons. The molecule has 5 nitrogen and oxygen atoms in total. The first-order valence-corrected chi connectivity index (χ1v) is 6.72. The lowest BCUT2D eigenvalue weighted by Gasteiger charge is -2.33. The molecule has 1 aliphatic heterocycles. The summed E-state index contributed by atoms with van der Waals surface area (Å²) in [6, 6.07) is 0.314. The van der Waals surface area contributed by atoms with E-state index in [4.69, 9.17) is 4.74 Å². The van der Waals surface area contributed by atoms with Crippen LogP contribution in [0.25, 0.3) is 0 Å². The predicted octanol–water partition coefficient (Wildman–Crippen LogP) is 2.54. The van der Waals surface area contributed by atoms with E-state index in [1.807, 2.05) is 27.7 Å². The summed E-state index contributed by atoms with van der Waals surface area (Å²) in [6.07, 6.45) is 3.25. The van der Waals surface area contributed by atoms with Crippen LogP contribution in [-0.2, 0) is 4.74 Å². The van der Waals surface area contributed by atoms with Crippen LogP contribution in [0.3, 0.4) is 0 Å². The van der Waals surface area contributed by atoms with E-state index in [2.05, 4.69) is 17.1 Å². The molecule has 0 bridgehead atoms. The zero-order valence-corrected chi connectivity index (χ0v) is 12.4. The highest BCUT2D eigenvalue weighted by Gasteiger charge is 2.26. The number of hydrogen-bond donors (Lipinski definition) is 1. The Morgan fingerprint density at radius 1 is 1.42 bits per heavy atom. The molecule has 0 atom stereocenters. The molecule has 1 saturated heterocycles. The van der Waals surface area contributed by atoms with Gasteiger partial charge in [0.1, 0.15) is 5.60 Å². The molecule has 1 rings (SSSR count). The Bertz CT molecular complexity index is 350. The molecular formula is C14H25N3O2. The van der Waals surface area contributed by atoms with Gasteiger partial charge < -0.3 is 15.1 Å². The van der Waals surface area contributed by atoms with E-state index in [1.54, 1.807) is 11.0 Å². The first-order chi connectivity index (χ1) is 8.81. The second kappa shape index (κ2) is 6.59. The van der Waals surface area contributed by atoms with Gasteiger partial charge in [0.2, 0.25) is 0 Å². The zero-order valence-electron chi connectivity index (χ0n) is 12.4. The highest BCUT2D eigenvalue weighted by Crippen LogP contribution is 2.15. The summed E-state index contributed by atoms with van der Waals surface area (Å²) in [4.78, 5) is 13.6. The minimum absolute atomic E-state index is 0.225. The van der Waals surface area contributed by atoms with Gasteiger partial charge in [0, 0.05) is 19.1 Å². The van der Waals surface area contributed by atoms with Crippen LogP contribution in [0.1, 0.15) is 40.5 Å². The molecule has 1 fully saturated rings. The molecule has 1 aliphatic rings. The summed E-state index contributed by atoms with van der Waals surface area (Å²) >= 11 is 0. The quantitative estimate of drug-likeness (QED) is 0.631. The Hall–Kier alpha value is -1.52. The largest absolute Gasteiger partial charge is 0.444 e. The van der Waals surface area contributed by atoms with Crippen molar-refractivity contribution in [3.63, 3.8) is 0 Å². The van der Waals surface area contributed by atoms with Gasteiger partial charge in [0.05, 0.1) is 5.71 Å². The van der Waals surface area contributed by atoms with E-state index in [0.717, 1.165) is 18.6 Å². The summed E-state index contributed by atoms with van der Waals surface area (Å²) < 4.78 is 5.35. The lowest BCUT2D eigenvalue weighted by atomic mass is 10.1. The zero-order chi connectivity index (χ0) is 14.5. The first kappa shape index (κ1) is 15.5. The normalized spacial score (nSPS) is 18.1. The van der Waals surface area contributed by atoms with Crippen molar-refractivity contribution in [1.82, 2.24) is 10.3 Å². The van der Waals surface area contributed by atoms with Crippen molar-refractivity contribution in [2.75, 3.05) is 13.1 Å². The monoisotopic (exact) mass is 267 g/mol. The number of rotatable bonds is 3. The summed E-state index contributed by atoms with van der Waals surface area (Å²) in [5.74, 6) is 0. The van der Waals surface area contributed by atoms with Crippen molar-refractivity contribution in [2.24, 2.45) is 5.10 Å². The third-order valence-corrected chi connectivity index (χ3v) is 2.87. The molecule has 0 aromatic rings. The number of amides is 1. The number of hydrogen-bond acceptors (Lipinski definition) is 4. The Kier molecular flexibility index (Phi) is 5.39. The van der Waals surface area contributed by atoms with Crippen molar-refractivity contribution in [3.8, 4) is 0 Å². The highest BCUT2D eigenvalue weighted by atomic mass is 16.6. The molecule has 0 aromatic heterocycles. The fourth-order valence-corrected chi connectivity index (χ4v) is 1.76. The Balaban J connectivity index is 2.36. The Morgan fingerprint density at radius 3 is 2.47 bits per heavy atom. The summed E-state index contributed by atoms with van der Waals surface area (Å²) in [5, 5.41) is 4.21. The fourth-order valence-electron chi connectivity index (χ4n) is 1.76. The van der Waals surface area contributed by atoms with Gasteiger partial charge in [-0.15, -0.1) is 0 Å². The van der Waals surface area contributed by atoms with Crippen molar-refractivity contribution < 1.29 is 9.53 Å². The number of hydrazone groups is 1. The predicted molar refractivity (Wildman–Crippen MR) is 77.3 cm³/mol. The van der Waals surface area contributed by atoms with Gasteiger partial charge in [-0.2, -0.15) is 5.10 Å². The average molecular weight is 267 g/mol. The van der Waals surface area contributed by atoms with Gasteiger partial charge in [-0.05, 0) is 46.6 Å². The van der Waals surface area contributed by atoms with E-state index in [-0.39, 0.29) is 6.09 Å². The number of nitrogens with zero attached hydrogens (tertiary/aromatic N) is 2. The van der Waals surface area contributed by atoms with Crippen LogP contribution in [0.5, 0.6) is 0 Å². The molecule has 19 heavy (non-hydrogen) atoms. The number of piperidine rings is 1. The maximum Gasteiger partial charge on any atom is 0.410 e. The van der Waals surface area contributed by atoms with E-state index >= 15 is 0 Å². The lowest BCUT2D eigenvalue weighted by molar-refractivity contribution is 0.0198. The van der Waals surface area contributed by atoms with Crippen LogP contribution in [-0.4, -0.2) is 41.4 Å². The Labute approximate surface area is 115 Å². The number of carbonyl (C=O) groups excluding carboxylic acids is 1. The summed E-state index contributed by atoms with van der Waals surface area (Å²) in [5.41, 5.74) is 3.55. The molecule has 0 spiro atoms. The van der Waals surface area contributed by atoms with Gasteiger partial charge in [0.25, 0.3) is 0 Å². The van der Waals surface area contributed by atoms with Crippen LogP contribution in [0.15, 0.2) is 17.8 Å². The van der Waals surface area contributed by atoms with E-state index in [9.17, 15) is 4.79 Å². The molecule has 0 aromatic carbocycles. The second-order valence-corrected chi connectivity index (χ2v) is 5.83. The van der Waals surface area contributed by atoms with Gasteiger partial charge in [-0.1, -0.05) is 6.58 Å². The van der Waals surface area contributed by atoms with Gasteiger partial charge in [0.15, 0.2) is 0 Å². The molecule has 5 heteroatoms. The van der Waals surface area contributed by atoms with E-state index in [1.165, 1.54) is 0 Å². The van der Waals surface area contributed by atoms with Crippen molar-refractivity contribution in [2.45, 2.75) is 52.2 Å². The lowest BCUT2D eigenvalue weighted by Crippen LogP contribution is -2.45. The topological polar surface area (TPSA) is 53.9 Å². The standard InChI is InChI=1S/C14H25N3O2/c1-6-11(2)15-16-12-7-9-17(10-8-12)13(18)19-14(3,4)5/h6,12,16H,1,7-10H2,2-5H3/b15-11+. The number of likely N-dealkylation sites (tertiary alicyclic amines) is 1. The first-order valence-electron chi connectivity index (χ1n) is 6.72.